The molecule has 0 radical (unpaired) electrons. The molecule has 0 saturated carbocycles. The molecule has 2 unspecified atom stereocenters. The van der Waals surface area contributed by atoms with Crippen LogP contribution in [-0.4, -0.2) is 18.6 Å². The first-order valence-corrected chi connectivity index (χ1v) is 5.28. The van der Waals surface area contributed by atoms with Crippen LogP contribution in [0.2, 0.25) is 0 Å². The van der Waals surface area contributed by atoms with Crippen LogP contribution in [0.15, 0.2) is 24.3 Å². The van der Waals surface area contributed by atoms with E-state index in [9.17, 15) is 0 Å². The van der Waals surface area contributed by atoms with Crippen molar-refractivity contribution >= 4 is 5.69 Å². The lowest BCUT2D eigenvalue weighted by Crippen LogP contribution is -2.38. The molecule has 1 heterocycles. The third kappa shape index (κ3) is 1.62. The summed E-state index contributed by atoms with van der Waals surface area (Å²) in [7, 11) is 0. The van der Waals surface area contributed by atoms with Gasteiger partial charge >= 0.3 is 0 Å². The molecule has 1 aliphatic rings. The molecule has 0 bridgehead atoms. The quantitative estimate of drug-likeness (QED) is 0.770. The van der Waals surface area contributed by atoms with Crippen molar-refractivity contribution < 1.29 is 0 Å². The van der Waals surface area contributed by atoms with Gasteiger partial charge in [0.05, 0.1) is 0 Å². The van der Waals surface area contributed by atoms with Crippen LogP contribution in [0.5, 0.6) is 0 Å². The van der Waals surface area contributed by atoms with E-state index in [2.05, 4.69) is 43.0 Å². The lowest BCUT2D eigenvalue weighted by molar-refractivity contribution is 0.617. The number of fused-ring (bicyclic) bond motifs is 1. The highest BCUT2D eigenvalue weighted by atomic mass is 15.2. The molecule has 0 amide bonds. The number of hydrogen-bond acceptors (Lipinski definition) is 2. The molecule has 14 heavy (non-hydrogen) atoms. The minimum absolute atomic E-state index is 0.239. The molecule has 1 aromatic rings. The number of rotatable bonds is 2. The number of nitrogens with two attached hydrogens (primary N) is 1. The largest absolute Gasteiger partial charge is 0.367 e. The summed E-state index contributed by atoms with van der Waals surface area (Å²) < 4.78 is 0. The van der Waals surface area contributed by atoms with Gasteiger partial charge < -0.3 is 10.6 Å². The molecule has 0 aliphatic carbocycles. The fourth-order valence-electron chi connectivity index (χ4n) is 2.22. The molecule has 76 valence electrons. The van der Waals surface area contributed by atoms with E-state index >= 15 is 0 Å². The van der Waals surface area contributed by atoms with Gasteiger partial charge in [0.1, 0.15) is 0 Å². The minimum atomic E-state index is 0.239. The molecule has 0 fully saturated rings. The van der Waals surface area contributed by atoms with Crippen molar-refractivity contribution in [1.29, 1.82) is 0 Å². The monoisotopic (exact) mass is 190 g/mol. The van der Waals surface area contributed by atoms with Crippen molar-refractivity contribution in [2.45, 2.75) is 32.4 Å². The van der Waals surface area contributed by atoms with Gasteiger partial charge in [-0.1, -0.05) is 18.2 Å². The van der Waals surface area contributed by atoms with Crippen molar-refractivity contribution in [3.8, 4) is 0 Å². The van der Waals surface area contributed by atoms with Gasteiger partial charge in [-0.05, 0) is 31.9 Å². The number of benzene rings is 1. The van der Waals surface area contributed by atoms with Gasteiger partial charge in [-0.25, -0.2) is 0 Å². The maximum absolute atomic E-state index is 5.85. The predicted octanol–water partition coefficient (Wildman–Crippen LogP) is 1.78. The van der Waals surface area contributed by atoms with Crippen molar-refractivity contribution in [3.05, 3.63) is 29.8 Å². The van der Waals surface area contributed by atoms with E-state index in [0.717, 1.165) is 13.0 Å². The second kappa shape index (κ2) is 3.62. The Bertz CT molecular complexity index is 320. The summed E-state index contributed by atoms with van der Waals surface area (Å²) in [5.74, 6) is 0. The standard InChI is InChI=1S/C12H18N2/c1-9(13)8-14-10(2)7-11-5-3-4-6-12(11)14/h3-6,9-10H,7-8,13H2,1-2H3. The van der Waals surface area contributed by atoms with E-state index in [0.29, 0.717) is 6.04 Å². The Hall–Kier alpha value is -1.02. The fourth-order valence-corrected chi connectivity index (χ4v) is 2.22. The fraction of sp³-hybridized carbons (Fsp3) is 0.500. The topological polar surface area (TPSA) is 29.3 Å². The van der Waals surface area contributed by atoms with Gasteiger partial charge in [0.2, 0.25) is 0 Å². The van der Waals surface area contributed by atoms with E-state index in [-0.39, 0.29) is 6.04 Å². The van der Waals surface area contributed by atoms with Crippen LogP contribution < -0.4 is 10.6 Å². The first-order valence-electron chi connectivity index (χ1n) is 5.28. The van der Waals surface area contributed by atoms with E-state index < -0.39 is 0 Å². The molecule has 2 N–H and O–H groups in total. The molecule has 2 heteroatoms. The highest BCUT2D eigenvalue weighted by Crippen LogP contribution is 2.31. The van der Waals surface area contributed by atoms with E-state index in [1.165, 1.54) is 11.3 Å². The zero-order valence-corrected chi connectivity index (χ0v) is 8.90. The van der Waals surface area contributed by atoms with Crippen LogP contribution in [-0.2, 0) is 6.42 Å². The van der Waals surface area contributed by atoms with Crippen LogP contribution in [0, 0.1) is 0 Å². The summed E-state index contributed by atoms with van der Waals surface area (Å²) in [6.07, 6.45) is 1.16. The number of para-hydroxylation sites is 1. The first-order chi connectivity index (χ1) is 6.68. The van der Waals surface area contributed by atoms with Crippen LogP contribution in [0.3, 0.4) is 0 Å². The molecule has 1 aliphatic heterocycles. The molecule has 0 spiro atoms. The summed E-state index contributed by atoms with van der Waals surface area (Å²) in [4.78, 5) is 2.42. The molecule has 2 rings (SSSR count). The van der Waals surface area contributed by atoms with E-state index in [4.69, 9.17) is 5.73 Å². The summed E-state index contributed by atoms with van der Waals surface area (Å²) >= 11 is 0. The average molecular weight is 190 g/mol. The zero-order valence-electron chi connectivity index (χ0n) is 8.90. The predicted molar refractivity (Wildman–Crippen MR) is 60.6 cm³/mol. The zero-order chi connectivity index (χ0) is 10.1. The highest BCUT2D eigenvalue weighted by molar-refractivity contribution is 5.59. The Morgan fingerprint density at radius 1 is 1.50 bits per heavy atom. The van der Waals surface area contributed by atoms with Gasteiger partial charge in [0.15, 0.2) is 0 Å². The highest BCUT2D eigenvalue weighted by Gasteiger charge is 2.25. The maximum Gasteiger partial charge on any atom is 0.0402 e. The molecule has 0 aromatic heterocycles. The third-order valence-corrected chi connectivity index (χ3v) is 2.83. The second-order valence-corrected chi connectivity index (χ2v) is 4.31. The summed E-state index contributed by atoms with van der Waals surface area (Å²) in [6.45, 7) is 5.29. The SMILES string of the molecule is CC(N)CN1c2ccccc2CC1C. The molecule has 2 atom stereocenters. The van der Waals surface area contributed by atoms with Crippen LogP contribution in [0.1, 0.15) is 19.4 Å². The van der Waals surface area contributed by atoms with E-state index in [1.54, 1.807) is 0 Å². The molecule has 0 saturated heterocycles. The molecular weight excluding hydrogens is 172 g/mol. The van der Waals surface area contributed by atoms with E-state index in [1.807, 2.05) is 0 Å². The van der Waals surface area contributed by atoms with Gasteiger partial charge in [0.25, 0.3) is 0 Å². The second-order valence-electron chi connectivity index (χ2n) is 4.31. The Balaban J connectivity index is 2.25. The van der Waals surface area contributed by atoms with Crippen molar-refractivity contribution in [3.63, 3.8) is 0 Å². The Labute approximate surface area is 85.7 Å². The Kier molecular flexibility index (Phi) is 2.46. The van der Waals surface area contributed by atoms with Crippen molar-refractivity contribution in [1.82, 2.24) is 0 Å². The number of anilines is 1. The first kappa shape index (κ1) is 9.53. The minimum Gasteiger partial charge on any atom is -0.367 e. The Morgan fingerprint density at radius 2 is 2.21 bits per heavy atom. The van der Waals surface area contributed by atoms with Crippen LogP contribution in [0.4, 0.5) is 5.69 Å². The normalized spacial score (nSPS) is 22.2. The summed E-state index contributed by atoms with van der Waals surface area (Å²) in [6, 6.07) is 9.46. The van der Waals surface area contributed by atoms with Crippen LogP contribution in [0.25, 0.3) is 0 Å². The smallest absolute Gasteiger partial charge is 0.0402 e. The number of hydrogen-bond donors (Lipinski definition) is 1. The van der Waals surface area contributed by atoms with Crippen molar-refractivity contribution in [2.75, 3.05) is 11.4 Å². The maximum atomic E-state index is 5.85. The Morgan fingerprint density at radius 3 is 2.93 bits per heavy atom. The van der Waals surface area contributed by atoms with Gasteiger partial charge in [-0.3, -0.25) is 0 Å². The van der Waals surface area contributed by atoms with Gasteiger partial charge in [-0.2, -0.15) is 0 Å². The summed E-state index contributed by atoms with van der Waals surface area (Å²) in [5, 5.41) is 0. The number of nitrogens with zero attached hydrogens (tertiary/aromatic N) is 1. The van der Waals surface area contributed by atoms with Gasteiger partial charge in [0, 0.05) is 24.3 Å². The molecule has 1 aromatic carbocycles. The summed E-state index contributed by atoms with van der Waals surface area (Å²) in [5.41, 5.74) is 8.68. The lowest BCUT2D eigenvalue weighted by Gasteiger charge is -2.26. The average Bonchev–Trinajstić information content (AvgIpc) is 2.43. The lowest BCUT2D eigenvalue weighted by atomic mass is 10.1. The van der Waals surface area contributed by atoms with Crippen molar-refractivity contribution in [2.24, 2.45) is 5.73 Å². The van der Waals surface area contributed by atoms with Crippen LogP contribution >= 0.6 is 0 Å². The third-order valence-electron chi connectivity index (χ3n) is 2.83. The molecular formula is C12H18N2. The molecule has 2 nitrogen and oxygen atoms in total. The van der Waals surface area contributed by atoms with Gasteiger partial charge in [-0.15, -0.1) is 0 Å².